The fraction of sp³-hybridized carbons (Fsp3) is 0.818. The first-order valence-electron chi connectivity index (χ1n) is 5.48. The van der Waals surface area contributed by atoms with Gasteiger partial charge in [-0.1, -0.05) is 13.8 Å². The van der Waals surface area contributed by atoms with E-state index in [1.165, 1.54) is 6.92 Å². The van der Waals surface area contributed by atoms with Gasteiger partial charge in [0.2, 0.25) is 5.91 Å². The number of hydrogen-bond donors (Lipinski definition) is 1. The first kappa shape index (κ1) is 11.4. The summed E-state index contributed by atoms with van der Waals surface area (Å²) in [4.78, 5) is 11.1. The Kier molecular flexibility index (Phi) is 2.64. The molecule has 0 spiro atoms. The molecule has 2 aliphatic heterocycles. The van der Waals surface area contributed by atoms with Gasteiger partial charge in [-0.25, -0.2) is 0 Å². The van der Waals surface area contributed by atoms with Crippen LogP contribution in [0.2, 0.25) is 0 Å². The van der Waals surface area contributed by atoms with Gasteiger partial charge in [0.1, 0.15) is 6.07 Å². The molecule has 2 rings (SSSR count). The number of carbonyl (C=O) groups excluding carboxylic acids is 1. The van der Waals surface area contributed by atoms with Crippen LogP contribution in [-0.4, -0.2) is 30.4 Å². The van der Waals surface area contributed by atoms with E-state index in [9.17, 15) is 10.1 Å². The molecule has 0 aromatic carbocycles. The summed E-state index contributed by atoms with van der Waals surface area (Å²) in [5, 5.41) is 12.0. The molecule has 0 aromatic heterocycles. The number of carbonyl (C=O) groups is 1. The maximum atomic E-state index is 11.1. The summed E-state index contributed by atoms with van der Waals surface area (Å²) in [6, 6.07) is 2.03. The lowest BCUT2D eigenvalue weighted by Crippen LogP contribution is -2.57. The van der Waals surface area contributed by atoms with Crippen LogP contribution in [0.15, 0.2) is 0 Å². The van der Waals surface area contributed by atoms with Gasteiger partial charge in [-0.2, -0.15) is 5.26 Å². The van der Waals surface area contributed by atoms with E-state index in [-0.39, 0.29) is 30.4 Å². The summed E-state index contributed by atoms with van der Waals surface area (Å²) in [5.74, 6) is 0.0884. The van der Waals surface area contributed by atoms with Crippen LogP contribution in [0, 0.1) is 23.2 Å². The third-order valence-corrected chi connectivity index (χ3v) is 3.73. The monoisotopic (exact) mass is 224 g/mol. The van der Waals surface area contributed by atoms with Crippen molar-refractivity contribution in [3.63, 3.8) is 0 Å². The molecule has 2 fully saturated rings. The summed E-state index contributed by atoms with van der Waals surface area (Å²) < 4.78 is 11.1. The third-order valence-electron chi connectivity index (χ3n) is 3.73. The van der Waals surface area contributed by atoms with Gasteiger partial charge in [-0.3, -0.25) is 4.79 Å². The van der Waals surface area contributed by atoms with Crippen molar-refractivity contribution in [2.75, 3.05) is 6.61 Å². The van der Waals surface area contributed by atoms with Crippen molar-refractivity contribution in [2.45, 2.75) is 38.7 Å². The Morgan fingerprint density at radius 3 is 2.81 bits per heavy atom. The van der Waals surface area contributed by atoms with Crippen molar-refractivity contribution >= 4 is 5.91 Å². The molecule has 2 heterocycles. The van der Waals surface area contributed by atoms with Gasteiger partial charge < -0.3 is 14.8 Å². The Hall–Kier alpha value is -1.12. The summed E-state index contributed by atoms with van der Waals surface area (Å²) in [6.07, 6.45) is -0.491. The normalized spacial score (nSPS) is 46.1. The molecule has 1 amide bonds. The Balaban J connectivity index is 2.23. The average Bonchev–Trinajstić information content (AvgIpc) is 2.65. The Labute approximate surface area is 94.7 Å². The van der Waals surface area contributed by atoms with Crippen molar-refractivity contribution in [1.82, 2.24) is 5.32 Å². The molecule has 0 aromatic rings. The van der Waals surface area contributed by atoms with Gasteiger partial charge in [-0.05, 0) is 5.92 Å². The van der Waals surface area contributed by atoms with Crippen molar-refractivity contribution in [3.8, 4) is 6.07 Å². The van der Waals surface area contributed by atoms with Gasteiger partial charge in [0.25, 0.3) is 0 Å². The number of amides is 1. The van der Waals surface area contributed by atoms with E-state index in [4.69, 9.17) is 9.47 Å². The van der Waals surface area contributed by atoms with Crippen LogP contribution in [0.25, 0.3) is 0 Å². The molecule has 88 valence electrons. The van der Waals surface area contributed by atoms with Crippen molar-refractivity contribution < 1.29 is 14.3 Å². The van der Waals surface area contributed by atoms with E-state index >= 15 is 0 Å². The van der Waals surface area contributed by atoms with Gasteiger partial charge in [0.05, 0.1) is 12.6 Å². The van der Waals surface area contributed by atoms with E-state index in [0.717, 1.165) is 0 Å². The van der Waals surface area contributed by atoms with Crippen LogP contribution < -0.4 is 5.32 Å². The number of fused-ring (bicyclic) bond motifs is 2. The lowest BCUT2D eigenvalue weighted by atomic mass is 9.76. The number of nitrogens with zero attached hydrogens (tertiary/aromatic N) is 1. The molecule has 16 heavy (non-hydrogen) atoms. The van der Waals surface area contributed by atoms with Crippen LogP contribution in [-0.2, 0) is 14.3 Å². The lowest BCUT2D eigenvalue weighted by molar-refractivity contribution is -0.163. The third kappa shape index (κ3) is 1.49. The van der Waals surface area contributed by atoms with Gasteiger partial charge in [-0.15, -0.1) is 0 Å². The predicted octanol–water partition coefficient (Wildman–Crippen LogP) is 0.412. The minimum atomic E-state index is -0.834. The molecule has 1 N–H and O–H groups in total. The fourth-order valence-corrected chi connectivity index (χ4v) is 2.48. The first-order chi connectivity index (χ1) is 7.50. The summed E-state index contributed by atoms with van der Waals surface area (Å²) in [7, 11) is 0. The smallest absolute Gasteiger partial charge is 0.217 e. The van der Waals surface area contributed by atoms with E-state index in [2.05, 4.69) is 11.4 Å². The summed E-state index contributed by atoms with van der Waals surface area (Å²) in [5.41, 5.74) is -0.834. The second-order valence-corrected chi connectivity index (χ2v) is 4.67. The number of hydrogen-bond acceptors (Lipinski definition) is 4. The van der Waals surface area contributed by atoms with Crippen LogP contribution in [0.1, 0.15) is 20.8 Å². The SMILES string of the molecule is CC(=O)N[C@H]1[C@H]2OC[C@](C#N)(O2)[C@H](C)[C@@H]1C. The summed E-state index contributed by atoms with van der Waals surface area (Å²) >= 11 is 0. The van der Waals surface area contributed by atoms with Crippen molar-refractivity contribution in [1.29, 1.82) is 5.26 Å². The molecule has 2 saturated heterocycles. The maximum Gasteiger partial charge on any atom is 0.217 e. The van der Waals surface area contributed by atoms with Gasteiger partial charge in [0, 0.05) is 12.8 Å². The first-order valence-corrected chi connectivity index (χ1v) is 5.48. The van der Waals surface area contributed by atoms with E-state index < -0.39 is 11.9 Å². The molecular formula is C11H16N2O3. The molecule has 2 aliphatic rings. The van der Waals surface area contributed by atoms with E-state index in [0.29, 0.717) is 0 Å². The van der Waals surface area contributed by atoms with Crippen LogP contribution in [0.3, 0.4) is 0 Å². The van der Waals surface area contributed by atoms with Crippen LogP contribution in [0.4, 0.5) is 0 Å². The average molecular weight is 224 g/mol. The highest BCUT2D eigenvalue weighted by molar-refractivity contribution is 5.73. The highest BCUT2D eigenvalue weighted by atomic mass is 16.7. The molecular weight excluding hydrogens is 208 g/mol. The molecule has 0 unspecified atom stereocenters. The fourth-order valence-electron chi connectivity index (χ4n) is 2.48. The predicted molar refractivity (Wildman–Crippen MR) is 55.1 cm³/mol. The highest BCUT2D eigenvalue weighted by Gasteiger charge is 2.57. The second-order valence-electron chi connectivity index (χ2n) is 4.67. The number of rotatable bonds is 1. The topological polar surface area (TPSA) is 71.3 Å². The van der Waals surface area contributed by atoms with Gasteiger partial charge >= 0.3 is 0 Å². The van der Waals surface area contributed by atoms with Gasteiger partial charge in [0.15, 0.2) is 11.9 Å². The molecule has 5 nitrogen and oxygen atoms in total. The zero-order valence-electron chi connectivity index (χ0n) is 9.69. The van der Waals surface area contributed by atoms with Crippen LogP contribution >= 0.6 is 0 Å². The molecule has 5 heteroatoms. The zero-order valence-corrected chi connectivity index (χ0v) is 9.69. The Morgan fingerprint density at radius 2 is 2.25 bits per heavy atom. The quantitative estimate of drug-likeness (QED) is 0.700. The molecule has 0 saturated carbocycles. The molecule has 5 atom stereocenters. The Bertz CT molecular complexity index is 352. The van der Waals surface area contributed by atoms with E-state index in [1.54, 1.807) is 0 Å². The number of ether oxygens (including phenoxy) is 2. The highest BCUT2D eigenvalue weighted by Crippen LogP contribution is 2.43. The number of nitrogens with one attached hydrogen (secondary N) is 1. The van der Waals surface area contributed by atoms with E-state index in [1.807, 2.05) is 13.8 Å². The maximum absolute atomic E-state index is 11.1. The van der Waals surface area contributed by atoms with Crippen molar-refractivity contribution in [2.24, 2.45) is 11.8 Å². The molecule has 2 bridgehead atoms. The molecule has 0 aliphatic carbocycles. The standard InChI is InChI=1S/C11H16N2O3/c1-6-7(2)11(4-12)5-15-10(16-11)9(6)13-8(3)14/h6-7,9-10H,5H2,1-3H3,(H,13,14)/t6-,7+,9+,10-,11-/m0/s1. The second kappa shape index (κ2) is 3.72. The van der Waals surface area contributed by atoms with Crippen molar-refractivity contribution in [3.05, 3.63) is 0 Å². The minimum Gasteiger partial charge on any atom is -0.348 e. The minimum absolute atomic E-state index is 0.0353. The zero-order chi connectivity index (χ0) is 11.9. The lowest BCUT2D eigenvalue weighted by Gasteiger charge is -2.41. The number of nitriles is 1. The molecule has 0 radical (unpaired) electrons. The summed E-state index contributed by atoms with van der Waals surface area (Å²) in [6.45, 7) is 5.74. The van der Waals surface area contributed by atoms with Crippen LogP contribution in [0.5, 0.6) is 0 Å². The Morgan fingerprint density at radius 1 is 1.56 bits per heavy atom. The largest absolute Gasteiger partial charge is 0.348 e.